The van der Waals surface area contributed by atoms with Crippen LogP contribution in [-0.4, -0.2) is 19.6 Å². The molecule has 0 rings (SSSR count). The minimum Gasteiger partial charge on any atom is -0.465 e. The van der Waals surface area contributed by atoms with Crippen molar-refractivity contribution in [3.63, 3.8) is 0 Å². The summed E-state index contributed by atoms with van der Waals surface area (Å²) in [6.07, 6.45) is -1.33. The molecule has 0 heterocycles. The van der Waals surface area contributed by atoms with Crippen LogP contribution in [0.4, 0.5) is 4.79 Å². The fourth-order valence-electron chi connectivity index (χ4n) is 0. The van der Waals surface area contributed by atoms with E-state index in [0.717, 1.165) is 0 Å². The number of primary amides is 1. The lowest BCUT2D eigenvalue weighted by molar-refractivity contribution is 0.205. The zero-order chi connectivity index (χ0) is 3.58. The predicted molar refractivity (Wildman–Crippen MR) is 27.2 cm³/mol. The van der Waals surface area contributed by atoms with Crippen molar-refractivity contribution >= 4 is 14.5 Å². The SMILES string of the molecule is B.N.NC(=O)O. The molecule has 0 aromatic heterocycles. The first-order valence-corrected chi connectivity index (χ1v) is 0.716. The van der Waals surface area contributed by atoms with Crippen molar-refractivity contribution in [2.45, 2.75) is 0 Å². The van der Waals surface area contributed by atoms with Crippen LogP contribution in [0.25, 0.3) is 0 Å². The Morgan fingerprint density at radius 1 is 1.67 bits per heavy atom. The molecule has 0 aromatic carbocycles. The van der Waals surface area contributed by atoms with Gasteiger partial charge in [0, 0.05) is 0 Å². The number of amides is 1. The summed E-state index contributed by atoms with van der Waals surface area (Å²) in [5.74, 6) is 0. The zero-order valence-electron chi connectivity index (χ0n) is 2.64. The summed E-state index contributed by atoms with van der Waals surface area (Å²) < 4.78 is 0. The molecule has 0 aliphatic rings. The quantitative estimate of drug-likeness (QED) is 0.320. The average Bonchev–Trinajstić information content (AvgIpc) is 0.811. The lowest BCUT2D eigenvalue weighted by atomic mass is 10.8. The van der Waals surface area contributed by atoms with Crippen LogP contribution >= 0.6 is 0 Å². The third kappa shape index (κ3) is 34.9. The monoisotopic (exact) mass is 92.1 g/mol. The Kier molecular flexibility index (Phi) is 27.4. The van der Waals surface area contributed by atoms with Crippen molar-refractivity contribution in [3.05, 3.63) is 0 Å². The lowest BCUT2D eigenvalue weighted by Crippen LogP contribution is -2.03. The molecule has 0 saturated carbocycles. The molecule has 0 aliphatic heterocycles. The van der Waals surface area contributed by atoms with Crippen molar-refractivity contribution in [3.8, 4) is 0 Å². The Hall–Kier alpha value is -0.705. The van der Waals surface area contributed by atoms with Crippen molar-refractivity contribution < 1.29 is 9.90 Å². The van der Waals surface area contributed by atoms with Crippen molar-refractivity contribution in [2.24, 2.45) is 5.73 Å². The standard InChI is InChI=1S/CH3NO2.BH3.H3N/c2-1(3)4;;/h2H2,(H,3,4);2*1H3. The van der Waals surface area contributed by atoms with Crippen LogP contribution in [0.5, 0.6) is 0 Å². The van der Waals surface area contributed by atoms with Gasteiger partial charge in [-0.25, -0.2) is 4.79 Å². The number of carbonyl (C=O) groups is 1. The molecule has 0 aromatic rings. The highest BCUT2D eigenvalue weighted by molar-refractivity contribution is 5.75. The predicted octanol–water partition coefficient (Wildman–Crippen LogP) is -1.40. The van der Waals surface area contributed by atoms with Gasteiger partial charge in [-0.05, 0) is 0 Å². The molecular weight excluding hydrogens is 82.8 g/mol. The van der Waals surface area contributed by atoms with E-state index in [4.69, 9.17) is 9.90 Å². The highest BCUT2D eigenvalue weighted by Crippen LogP contribution is 1.34. The lowest BCUT2D eigenvalue weighted by Gasteiger charge is -1.61. The third-order valence-corrected chi connectivity index (χ3v) is 0. The molecule has 5 heteroatoms. The average molecular weight is 91.9 g/mol. The van der Waals surface area contributed by atoms with Gasteiger partial charge in [-0.15, -0.1) is 0 Å². The first-order valence-electron chi connectivity index (χ1n) is 0.716. The number of carboxylic acid groups (broad SMARTS) is 1. The summed E-state index contributed by atoms with van der Waals surface area (Å²) in [6, 6.07) is 0. The molecule has 1 amide bonds. The Balaban J connectivity index is -0.0000000450. The molecule has 0 radical (unpaired) electrons. The first kappa shape index (κ1) is 18.5. The van der Waals surface area contributed by atoms with Crippen LogP contribution in [0, 0.1) is 0 Å². The second kappa shape index (κ2) is 8.85. The maximum atomic E-state index is 8.78. The topological polar surface area (TPSA) is 98.3 Å². The Morgan fingerprint density at radius 3 is 1.67 bits per heavy atom. The maximum Gasteiger partial charge on any atom is 0.402 e. The number of rotatable bonds is 0. The molecular formula is CH9BN2O2. The van der Waals surface area contributed by atoms with Gasteiger partial charge in [-0.1, -0.05) is 0 Å². The molecule has 0 atom stereocenters. The first-order chi connectivity index (χ1) is 1.73. The molecule has 4 nitrogen and oxygen atoms in total. The van der Waals surface area contributed by atoms with Crippen molar-refractivity contribution in [1.29, 1.82) is 0 Å². The van der Waals surface area contributed by atoms with Crippen LogP contribution in [0.1, 0.15) is 0 Å². The van der Waals surface area contributed by atoms with Crippen LogP contribution in [-0.2, 0) is 0 Å². The van der Waals surface area contributed by atoms with Crippen LogP contribution < -0.4 is 11.9 Å². The van der Waals surface area contributed by atoms with E-state index in [1.54, 1.807) is 0 Å². The zero-order valence-corrected chi connectivity index (χ0v) is 2.64. The van der Waals surface area contributed by atoms with Gasteiger partial charge in [-0.3, -0.25) is 0 Å². The number of hydrogen-bond donors (Lipinski definition) is 3. The molecule has 38 valence electrons. The Bertz CT molecular complexity index is 34.5. The van der Waals surface area contributed by atoms with E-state index in [-0.39, 0.29) is 14.6 Å². The van der Waals surface area contributed by atoms with E-state index < -0.39 is 6.09 Å². The van der Waals surface area contributed by atoms with Gasteiger partial charge in [0.15, 0.2) is 0 Å². The summed E-state index contributed by atoms with van der Waals surface area (Å²) in [4.78, 5) is 8.78. The summed E-state index contributed by atoms with van der Waals surface area (Å²) in [5, 5.41) is 7.19. The summed E-state index contributed by atoms with van der Waals surface area (Å²) in [6.45, 7) is 0. The smallest absolute Gasteiger partial charge is 0.402 e. The molecule has 0 fully saturated rings. The van der Waals surface area contributed by atoms with Gasteiger partial charge in [0.1, 0.15) is 0 Å². The largest absolute Gasteiger partial charge is 0.465 e. The normalized spacial score (nSPS) is 4.00. The van der Waals surface area contributed by atoms with E-state index in [2.05, 4.69) is 5.73 Å². The van der Waals surface area contributed by atoms with Crippen molar-refractivity contribution in [1.82, 2.24) is 6.15 Å². The Labute approximate surface area is 37.5 Å². The highest BCUT2D eigenvalue weighted by Gasteiger charge is 1.65. The maximum absolute atomic E-state index is 8.78. The van der Waals surface area contributed by atoms with Crippen molar-refractivity contribution in [2.75, 3.05) is 0 Å². The molecule has 6 heavy (non-hydrogen) atoms. The van der Waals surface area contributed by atoms with Crippen LogP contribution in [0.15, 0.2) is 0 Å². The molecule has 0 saturated heterocycles. The van der Waals surface area contributed by atoms with Gasteiger partial charge in [0.05, 0.1) is 8.41 Å². The van der Waals surface area contributed by atoms with E-state index in [9.17, 15) is 0 Å². The minimum atomic E-state index is -1.33. The summed E-state index contributed by atoms with van der Waals surface area (Å²) in [7, 11) is 0. The second-order valence-corrected chi connectivity index (χ2v) is 0.338. The van der Waals surface area contributed by atoms with E-state index >= 15 is 0 Å². The Morgan fingerprint density at radius 2 is 1.67 bits per heavy atom. The van der Waals surface area contributed by atoms with Gasteiger partial charge in [0.2, 0.25) is 0 Å². The molecule has 0 bridgehead atoms. The van der Waals surface area contributed by atoms with Crippen LogP contribution in [0.2, 0.25) is 0 Å². The van der Waals surface area contributed by atoms with Gasteiger partial charge in [-0.2, -0.15) is 0 Å². The van der Waals surface area contributed by atoms with Gasteiger partial charge in [0.25, 0.3) is 0 Å². The van der Waals surface area contributed by atoms with Gasteiger partial charge >= 0.3 is 6.09 Å². The summed E-state index contributed by atoms with van der Waals surface area (Å²) in [5.41, 5.74) is 4.03. The minimum absolute atomic E-state index is 0. The fraction of sp³-hybridized carbons (Fsp3) is 0. The molecule has 0 spiro atoms. The number of hydrogen-bond acceptors (Lipinski definition) is 2. The fourth-order valence-corrected chi connectivity index (χ4v) is 0. The second-order valence-electron chi connectivity index (χ2n) is 0.338. The molecule has 6 N–H and O–H groups in total. The van der Waals surface area contributed by atoms with Crippen LogP contribution in [0.3, 0.4) is 0 Å². The van der Waals surface area contributed by atoms with E-state index in [1.807, 2.05) is 0 Å². The molecule has 0 unspecified atom stereocenters. The highest BCUT2D eigenvalue weighted by atomic mass is 16.4. The van der Waals surface area contributed by atoms with Gasteiger partial charge < -0.3 is 17.0 Å². The van der Waals surface area contributed by atoms with E-state index in [1.165, 1.54) is 0 Å². The molecule has 0 aliphatic carbocycles. The number of nitrogens with two attached hydrogens (primary N) is 1. The summed E-state index contributed by atoms with van der Waals surface area (Å²) >= 11 is 0. The third-order valence-electron chi connectivity index (χ3n) is 0. The van der Waals surface area contributed by atoms with E-state index in [0.29, 0.717) is 0 Å².